The van der Waals surface area contributed by atoms with Crippen LogP contribution in [0.25, 0.3) is 0 Å². The lowest BCUT2D eigenvalue weighted by molar-refractivity contribution is -0.122. The van der Waals surface area contributed by atoms with Crippen LogP contribution in [0, 0.1) is 0 Å². The van der Waals surface area contributed by atoms with Crippen molar-refractivity contribution in [3.05, 3.63) is 34.9 Å². The highest BCUT2D eigenvalue weighted by atomic mass is 35.5. The topological polar surface area (TPSA) is 49.4 Å². The summed E-state index contributed by atoms with van der Waals surface area (Å²) in [6.07, 6.45) is 0. The molecule has 19 heavy (non-hydrogen) atoms. The van der Waals surface area contributed by atoms with E-state index in [0.29, 0.717) is 10.6 Å². The van der Waals surface area contributed by atoms with Gasteiger partial charge >= 0.3 is 0 Å². The van der Waals surface area contributed by atoms with E-state index in [0.717, 1.165) is 0 Å². The van der Waals surface area contributed by atoms with Crippen LogP contribution < -0.4 is 5.32 Å². The number of nitrogens with one attached hydrogen (secondary N) is 1. The Morgan fingerprint density at radius 2 is 1.84 bits per heavy atom. The molecular formula is C14H19ClN2O2. The molecule has 4 nitrogen and oxygen atoms in total. The Labute approximate surface area is 118 Å². The van der Waals surface area contributed by atoms with Crippen molar-refractivity contribution in [1.82, 2.24) is 10.2 Å². The van der Waals surface area contributed by atoms with Crippen LogP contribution in [0.4, 0.5) is 0 Å². The van der Waals surface area contributed by atoms with Gasteiger partial charge in [0.05, 0.1) is 17.1 Å². The molecule has 0 radical (unpaired) electrons. The van der Waals surface area contributed by atoms with E-state index in [9.17, 15) is 9.59 Å². The number of halogens is 1. The number of carbonyl (C=O) groups is 2. The molecule has 0 bridgehead atoms. The van der Waals surface area contributed by atoms with Crippen molar-refractivity contribution in [3.63, 3.8) is 0 Å². The number of amides is 2. The van der Waals surface area contributed by atoms with E-state index < -0.39 is 0 Å². The van der Waals surface area contributed by atoms with E-state index in [1.165, 1.54) is 4.90 Å². The molecule has 0 fully saturated rings. The zero-order valence-electron chi connectivity index (χ0n) is 11.7. The van der Waals surface area contributed by atoms with Crippen LogP contribution in [-0.2, 0) is 4.79 Å². The fourth-order valence-corrected chi connectivity index (χ4v) is 1.80. The molecule has 1 aromatic rings. The SMILES string of the molecule is CN(CC(=O)NC(C)(C)C)C(=O)c1ccccc1Cl. The summed E-state index contributed by atoms with van der Waals surface area (Å²) in [5.74, 6) is -0.468. The van der Waals surface area contributed by atoms with Crippen LogP contribution in [0.15, 0.2) is 24.3 Å². The number of hydrogen-bond acceptors (Lipinski definition) is 2. The van der Waals surface area contributed by atoms with Gasteiger partial charge in [-0.2, -0.15) is 0 Å². The quantitative estimate of drug-likeness (QED) is 0.925. The minimum absolute atomic E-state index is 0.00132. The van der Waals surface area contributed by atoms with E-state index >= 15 is 0 Å². The van der Waals surface area contributed by atoms with Crippen molar-refractivity contribution < 1.29 is 9.59 Å². The summed E-state index contributed by atoms with van der Waals surface area (Å²) in [7, 11) is 1.58. The first-order valence-electron chi connectivity index (χ1n) is 6.02. The van der Waals surface area contributed by atoms with Crippen LogP contribution in [0.2, 0.25) is 5.02 Å². The highest BCUT2D eigenvalue weighted by Crippen LogP contribution is 2.16. The maximum Gasteiger partial charge on any atom is 0.255 e. The molecule has 0 spiro atoms. The van der Waals surface area contributed by atoms with Gasteiger partial charge in [0.15, 0.2) is 0 Å². The molecule has 5 heteroatoms. The first-order chi connectivity index (χ1) is 8.70. The molecular weight excluding hydrogens is 264 g/mol. The Morgan fingerprint density at radius 1 is 1.26 bits per heavy atom. The fourth-order valence-electron chi connectivity index (χ4n) is 1.59. The third-order valence-corrected chi connectivity index (χ3v) is 2.68. The average Bonchev–Trinajstić information content (AvgIpc) is 2.26. The second kappa shape index (κ2) is 6.06. The first-order valence-corrected chi connectivity index (χ1v) is 6.39. The van der Waals surface area contributed by atoms with Crippen LogP contribution >= 0.6 is 11.6 Å². The van der Waals surface area contributed by atoms with Crippen molar-refractivity contribution >= 4 is 23.4 Å². The Balaban J connectivity index is 2.69. The summed E-state index contributed by atoms with van der Waals surface area (Å²) >= 11 is 5.96. The molecule has 0 aliphatic heterocycles. The molecule has 1 rings (SSSR count). The molecule has 0 saturated carbocycles. The third-order valence-electron chi connectivity index (χ3n) is 2.35. The monoisotopic (exact) mass is 282 g/mol. The Kier molecular flexibility index (Phi) is 4.95. The minimum Gasteiger partial charge on any atom is -0.350 e. The first kappa shape index (κ1) is 15.5. The Morgan fingerprint density at radius 3 is 2.37 bits per heavy atom. The molecule has 0 aromatic heterocycles. The van der Waals surface area contributed by atoms with Crippen molar-refractivity contribution in [2.75, 3.05) is 13.6 Å². The zero-order chi connectivity index (χ0) is 14.6. The summed E-state index contributed by atoms with van der Waals surface area (Å²) in [5.41, 5.74) is 0.0842. The van der Waals surface area contributed by atoms with E-state index in [1.54, 1.807) is 31.3 Å². The second-order valence-corrected chi connectivity index (χ2v) is 5.85. The minimum atomic E-state index is -0.314. The lowest BCUT2D eigenvalue weighted by Crippen LogP contribution is -2.46. The molecule has 1 N–H and O–H groups in total. The van der Waals surface area contributed by atoms with Crippen molar-refractivity contribution in [1.29, 1.82) is 0 Å². The molecule has 0 aliphatic carbocycles. The number of nitrogens with zero attached hydrogens (tertiary/aromatic N) is 1. The predicted molar refractivity (Wildman–Crippen MR) is 76.3 cm³/mol. The van der Waals surface area contributed by atoms with Crippen LogP contribution in [0.5, 0.6) is 0 Å². The van der Waals surface area contributed by atoms with Crippen molar-refractivity contribution in [2.24, 2.45) is 0 Å². The van der Waals surface area contributed by atoms with Crippen molar-refractivity contribution in [3.8, 4) is 0 Å². The number of likely N-dealkylation sites (N-methyl/N-ethyl adjacent to an activating group) is 1. The summed E-state index contributed by atoms with van der Waals surface area (Å²) in [6, 6.07) is 6.79. The molecule has 0 atom stereocenters. The smallest absolute Gasteiger partial charge is 0.255 e. The third kappa shape index (κ3) is 4.91. The van der Waals surface area contributed by atoms with Crippen LogP contribution in [-0.4, -0.2) is 35.8 Å². The predicted octanol–water partition coefficient (Wildman–Crippen LogP) is 2.33. The number of benzene rings is 1. The van der Waals surface area contributed by atoms with Gasteiger partial charge in [0.1, 0.15) is 0 Å². The fraction of sp³-hybridized carbons (Fsp3) is 0.429. The summed E-state index contributed by atoms with van der Waals surface area (Å²) < 4.78 is 0. The van der Waals surface area contributed by atoms with Gasteiger partial charge in [0.2, 0.25) is 5.91 Å². The summed E-state index contributed by atoms with van der Waals surface area (Å²) in [6.45, 7) is 5.67. The summed E-state index contributed by atoms with van der Waals surface area (Å²) in [4.78, 5) is 25.2. The maximum atomic E-state index is 12.1. The van der Waals surface area contributed by atoms with Gasteiger partial charge in [-0.1, -0.05) is 23.7 Å². The van der Waals surface area contributed by atoms with Crippen molar-refractivity contribution in [2.45, 2.75) is 26.3 Å². The molecule has 2 amide bonds. The highest BCUT2D eigenvalue weighted by molar-refractivity contribution is 6.33. The molecule has 0 saturated heterocycles. The van der Waals surface area contributed by atoms with E-state index in [-0.39, 0.29) is 23.9 Å². The zero-order valence-corrected chi connectivity index (χ0v) is 12.4. The largest absolute Gasteiger partial charge is 0.350 e. The lowest BCUT2D eigenvalue weighted by atomic mass is 10.1. The number of hydrogen-bond donors (Lipinski definition) is 1. The van der Waals surface area contributed by atoms with Crippen LogP contribution in [0.3, 0.4) is 0 Å². The Bertz CT molecular complexity index is 481. The highest BCUT2D eigenvalue weighted by Gasteiger charge is 2.19. The molecule has 0 aliphatic rings. The number of rotatable bonds is 3. The normalized spacial score (nSPS) is 11.0. The Hall–Kier alpha value is -1.55. The average molecular weight is 283 g/mol. The summed E-state index contributed by atoms with van der Waals surface area (Å²) in [5, 5.41) is 3.19. The van der Waals surface area contributed by atoms with Gasteiger partial charge in [0, 0.05) is 12.6 Å². The van der Waals surface area contributed by atoms with Gasteiger partial charge in [-0.25, -0.2) is 0 Å². The van der Waals surface area contributed by atoms with Gasteiger partial charge in [-0.3, -0.25) is 9.59 Å². The second-order valence-electron chi connectivity index (χ2n) is 5.44. The van der Waals surface area contributed by atoms with Gasteiger partial charge in [-0.15, -0.1) is 0 Å². The van der Waals surface area contributed by atoms with Gasteiger partial charge < -0.3 is 10.2 Å². The van der Waals surface area contributed by atoms with E-state index in [4.69, 9.17) is 11.6 Å². The standard InChI is InChI=1S/C14H19ClN2O2/c1-14(2,3)16-12(18)9-17(4)13(19)10-7-5-6-8-11(10)15/h5-8H,9H2,1-4H3,(H,16,18). The number of carbonyl (C=O) groups excluding carboxylic acids is 2. The molecule has 104 valence electrons. The molecule has 1 aromatic carbocycles. The lowest BCUT2D eigenvalue weighted by Gasteiger charge is -2.23. The van der Waals surface area contributed by atoms with Gasteiger partial charge in [0.25, 0.3) is 5.91 Å². The van der Waals surface area contributed by atoms with E-state index in [1.807, 2.05) is 20.8 Å². The molecule has 0 unspecified atom stereocenters. The maximum absolute atomic E-state index is 12.1. The van der Waals surface area contributed by atoms with Gasteiger partial charge in [-0.05, 0) is 32.9 Å². The molecule has 0 heterocycles. The van der Waals surface area contributed by atoms with E-state index in [2.05, 4.69) is 5.32 Å². The van der Waals surface area contributed by atoms with Crippen LogP contribution in [0.1, 0.15) is 31.1 Å².